The van der Waals surface area contributed by atoms with Crippen LogP contribution in [0.5, 0.6) is 5.75 Å². The van der Waals surface area contributed by atoms with Crippen LogP contribution < -0.4 is 10.5 Å². The number of nitrogens with zero attached hydrogens (tertiary/aromatic N) is 2. The highest BCUT2D eigenvalue weighted by atomic mass is 16.5. The van der Waals surface area contributed by atoms with E-state index in [2.05, 4.69) is 4.98 Å². The number of hydrogen-bond donors (Lipinski definition) is 2. The van der Waals surface area contributed by atoms with E-state index in [4.69, 9.17) is 15.2 Å². The molecule has 3 aliphatic rings. The summed E-state index contributed by atoms with van der Waals surface area (Å²) in [6.07, 6.45) is 3.58. The minimum atomic E-state index is 0.136. The summed E-state index contributed by atoms with van der Waals surface area (Å²) >= 11 is 0. The van der Waals surface area contributed by atoms with Gasteiger partial charge in [-0.2, -0.15) is 4.73 Å². The van der Waals surface area contributed by atoms with Crippen LogP contribution in [-0.4, -0.2) is 34.2 Å². The molecule has 130 valence electrons. The molecular formula is C19H21N3O3. The first kappa shape index (κ1) is 15.8. The molecule has 3 heterocycles. The molecule has 6 heteroatoms. The lowest BCUT2D eigenvalue weighted by atomic mass is 9.98. The van der Waals surface area contributed by atoms with Gasteiger partial charge in [0, 0.05) is 35.9 Å². The molecule has 25 heavy (non-hydrogen) atoms. The number of fused-ring (bicyclic) bond motifs is 1. The fraction of sp³-hybridized carbons (Fsp3) is 0.316. The van der Waals surface area contributed by atoms with E-state index in [-0.39, 0.29) is 6.10 Å². The molecule has 0 bridgehead atoms. The Hall–Kier alpha value is -2.73. The number of ether oxygens (including phenoxy) is 2. The minimum absolute atomic E-state index is 0.136. The quantitative estimate of drug-likeness (QED) is 0.565. The van der Waals surface area contributed by atoms with E-state index < -0.39 is 0 Å². The van der Waals surface area contributed by atoms with Gasteiger partial charge in [-0.05, 0) is 42.8 Å². The molecule has 0 radical (unpaired) electrons. The summed E-state index contributed by atoms with van der Waals surface area (Å²) in [4.78, 5) is 4.26. The average Bonchev–Trinajstić information content (AvgIpc) is 3.11. The third kappa shape index (κ3) is 2.89. The number of rotatable bonds is 3. The molecule has 3 aliphatic heterocycles. The summed E-state index contributed by atoms with van der Waals surface area (Å²) in [6.45, 7) is 3.28. The normalized spacial score (nSPS) is 15.6. The number of aryl methyl sites for hydroxylation is 1. The number of nitrogens with two attached hydrogens (primary N) is 1. The lowest BCUT2D eigenvalue weighted by Crippen LogP contribution is -2.26. The highest BCUT2D eigenvalue weighted by Gasteiger charge is 2.22. The first-order valence-electron chi connectivity index (χ1n) is 8.44. The minimum Gasteiger partial charge on any atom is -0.490 e. The molecular weight excluding hydrogens is 318 g/mol. The van der Waals surface area contributed by atoms with E-state index in [1.54, 1.807) is 6.20 Å². The van der Waals surface area contributed by atoms with Crippen molar-refractivity contribution in [3.8, 4) is 28.3 Å². The fourth-order valence-corrected chi connectivity index (χ4v) is 3.28. The highest BCUT2D eigenvalue weighted by molar-refractivity contribution is 5.86. The number of nitrogen functional groups attached to an aromatic ring is 1. The Balaban J connectivity index is 1.81. The maximum atomic E-state index is 10.2. The molecule has 1 aromatic carbocycles. The van der Waals surface area contributed by atoms with Gasteiger partial charge in [-0.25, -0.2) is 4.98 Å². The zero-order valence-corrected chi connectivity index (χ0v) is 14.1. The molecule has 0 spiro atoms. The fourth-order valence-electron chi connectivity index (χ4n) is 3.28. The Bertz CT molecular complexity index is 868. The van der Waals surface area contributed by atoms with Gasteiger partial charge in [0.25, 0.3) is 0 Å². The zero-order chi connectivity index (χ0) is 17.4. The lowest BCUT2D eigenvalue weighted by molar-refractivity contribution is 0.0258. The van der Waals surface area contributed by atoms with E-state index >= 15 is 0 Å². The predicted molar refractivity (Wildman–Crippen MR) is 95.1 cm³/mol. The number of hydrogen-bond acceptors (Lipinski definition) is 5. The van der Waals surface area contributed by atoms with Gasteiger partial charge >= 0.3 is 0 Å². The van der Waals surface area contributed by atoms with Crippen molar-refractivity contribution in [2.45, 2.75) is 25.9 Å². The Morgan fingerprint density at radius 1 is 1.16 bits per heavy atom. The van der Waals surface area contributed by atoms with Crippen molar-refractivity contribution in [2.24, 2.45) is 0 Å². The summed E-state index contributed by atoms with van der Waals surface area (Å²) < 4.78 is 12.8. The molecule has 1 fully saturated rings. The van der Waals surface area contributed by atoms with Crippen molar-refractivity contribution in [3.63, 3.8) is 0 Å². The van der Waals surface area contributed by atoms with Crippen LogP contribution in [0.4, 0.5) is 5.69 Å². The van der Waals surface area contributed by atoms with Gasteiger partial charge in [0.15, 0.2) is 5.82 Å². The topological polar surface area (TPSA) is 82.5 Å². The summed E-state index contributed by atoms with van der Waals surface area (Å²) in [5, 5.41) is 10.2. The smallest absolute Gasteiger partial charge is 0.176 e. The van der Waals surface area contributed by atoms with Gasteiger partial charge in [-0.15, -0.1) is 0 Å². The van der Waals surface area contributed by atoms with E-state index in [9.17, 15) is 5.21 Å². The summed E-state index contributed by atoms with van der Waals surface area (Å²) in [5.41, 5.74) is 10.1. The van der Waals surface area contributed by atoms with Crippen LogP contribution in [0.2, 0.25) is 0 Å². The first-order valence-corrected chi connectivity index (χ1v) is 8.44. The third-order valence-electron chi connectivity index (χ3n) is 4.61. The van der Waals surface area contributed by atoms with Gasteiger partial charge < -0.3 is 20.4 Å². The monoisotopic (exact) mass is 339 g/mol. The lowest BCUT2D eigenvalue weighted by Gasteiger charge is -2.25. The van der Waals surface area contributed by atoms with Crippen molar-refractivity contribution in [1.29, 1.82) is 0 Å². The zero-order valence-electron chi connectivity index (χ0n) is 14.1. The van der Waals surface area contributed by atoms with Crippen LogP contribution in [0, 0.1) is 6.92 Å². The standard InChI is InChI=1S/C19H21N3O3/c1-12-10-16(15-4-7-21-19(15)22(12)23)17-11-13(20)2-3-18(17)25-14-5-8-24-9-6-14/h2-4,7,10-11,14,23H,5-6,8-9,20H2,1H3. The summed E-state index contributed by atoms with van der Waals surface area (Å²) in [7, 11) is 0. The molecule has 1 saturated heterocycles. The molecule has 0 aliphatic carbocycles. The van der Waals surface area contributed by atoms with Crippen molar-refractivity contribution in [2.75, 3.05) is 18.9 Å². The summed E-state index contributed by atoms with van der Waals surface area (Å²) in [6, 6.07) is 9.49. The second-order valence-corrected chi connectivity index (χ2v) is 6.38. The van der Waals surface area contributed by atoms with Gasteiger partial charge in [0.1, 0.15) is 11.9 Å². The Morgan fingerprint density at radius 2 is 1.96 bits per heavy atom. The van der Waals surface area contributed by atoms with Crippen molar-refractivity contribution < 1.29 is 14.7 Å². The number of pyridine rings is 1. The second-order valence-electron chi connectivity index (χ2n) is 6.38. The van der Waals surface area contributed by atoms with Crippen molar-refractivity contribution >= 4 is 5.69 Å². The van der Waals surface area contributed by atoms with Crippen LogP contribution in [0.25, 0.3) is 22.5 Å². The van der Waals surface area contributed by atoms with E-state index in [0.29, 0.717) is 17.2 Å². The maximum absolute atomic E-state index is 10.2. The molecule has 0 amide bonds. The summed E-state index contributed by atoms with van der Waals surface area (Å²) in [5.74, 6) is 1.31. The van der Waals surface area contributed by atoms with Crippen LogP contribution in [0.1, 0.15) is 18.5 Å². The molecule has 0 aromatic heterocycles. The average molecular weight is 339 g/mol. The van der Waals surface area contributed by atoms with Crippen LogP contribution in [0.15, 0.2) is 36.5 Å². The number of aromatic nitrogens is 2. The third-order valence-corrected chi connectivity index (χ3v) is 4.61. The van der Waals surface area contributed by atoms with Crippen LogP contribution in [0.3, 0.4) is 0 Å². The first-order chi connectivity index (χ1) is 12.1. The number of anilines is 1. The highest BCUT2D eigenvalue weighted by Crippen LogP contribution is 2.40. The van der Waals surface area contributed by atoms with E-state index in [1.807, 2.05) is 37.3 Å². The number of benzene rings is 1. The van der Waals surface area contributed by atoms with E-state index in [1.165, 1.54) is 0 Å². The van der Waals surface area contributed by atoms with E-state index in [0.717, 1.165) is 53.2 Å². The predicted octanol–water partition coefficient (Wildman–Crippen LogP) is 3.34. The van der Waals surface area contributed by atoms with Crippen LogP contribution >= 0.6 is 0 Å². The largest absolute Gasteiger partial charge is 0.490 e. The Kier molecular flexibility index (Phi) is 3.97. The molecule has 1 aromatic rings. The Morgan fingerprint density at radius 3 is 2.76 bits per heavy atom. The molecule has 6 nitrogen and oxygen atoms in total. The van der Waals surface area contributed by atoms with Crippen molar-refractivity contribution in [1.82, 2.24) is 9.71 Å². The van der Waals surface area contributed by atoms with Gasteiger partial charge in [0.2, 0.25) is 0 Å². The molecule has 0 unspecified atom stereocenters. The van der Waals surface area contributed by atoms with Crippen molar-refractivity contribution in [3.05, 3.63) is 42.2 Å². The van der Waals surface area contributed by atoms with Gasteiger partial charge in [0.05, 0.1) is 18.9 Å². The molecule has 0 atom stereocenters. The molecule has 4 rings (SSSR count). The van der Waals surface area contributed by atoms with Gasteiger partial charge in [-0.3, -0.25) is 0 Å². The Labute approximate surface area is 146 Å². The van der Waals surface area contributed by atoms with Gasteiger partial charge in [-0.1, -0.05) is 0 Å². The molecule has 3 N–H and O–H groups in total. The SMILES string of the molecule is Cc1cc(-c2cc(N)ccc2OC2CCOCC2)c2ccnc-2n1O. The molecule has 0 saturated carbocycles. The second kappa shape index (κ2) is 6.29. The maximum Gasteiger partial charge on any atom is 0.176 e. The van der Waals surface area contributed by atoms with Crippen LogP contribution in [-0.2, 0) is 4.74 Å².